The van der Waals surface area contributed by atoms with Crippen LogP contribution in [0.3, 0.4) is 0 Å². The summed E-state index contributed by atoms with van der Waals surface area (Å²) in [5.41, 5.74) is 0.356. The molecule has 1 aromatic carbocycles. The molecule has 8 heteroatoms. The molecular weight excluding hydrogens is 280 g/mol. The Morgan fingerprint density at radius 2 is 1.73 bits per heavy atom. The van der Waals surface area contributed by atoms with Gasteiger partial charge in [-0.25, -0.2) is 0 Å². The predicted octanol–water partition coefficient (Wildman–Crippen LogP) is 1.79. The van der Waals surface area contributed by atoms with E-state index in [-0.39, 0.29) is 16.7 Å². The monoisotopic (exact) mass is 284 g/mol. The van der Waals surface area contributed by atoms with Crippen molar-refractivity contribution in [1.29, 1.82) is 0 Å². The maximum absolute atomic E-state index is 11.7. The molecule has 2 N–H and O–H groups in total. The third kappa shape index (κ3) is 5.65. The molecule has 15 heavy (non-hydrogen) atoms. The molecular formula is C7H5BBrF3O3. The molecule has 0 heterocycles. The molecule has 82 valence electrons. The number of hydrogen-bond donors (Lipinski definition) is 0. The second-order valence-corrected chi connectivity index (χ2v) is 3.09. The van der Waals surface area contributed by atoms with Crippen LogP contribution in [0, 0.1) is 0 Å². The van der Waals surface area contributed by atoms with Crippen molar-refractivity contribution in [3.8, 4) is 5.75 Å². The molecule has 0 bridgehead atoms. The fourth-order valence-corrected chi connectivity index (χ4v) is 1.06. The minimum absolute atomic E-state index is 0. The van der Waals surface area contributed by atoms with Crippen LogP contribution < -0.4 is 10.2 Å². The van der Waals surface area contributed by atoms with Crippen LogP contribution in [-0.2, 0) is 0 Å². The van der Waals surface area contributed by atoms with Crippen LogP contribution in [0.25, 0.3) is 0 Å². The molecule has 0 unspecified atom stereocenters. The second-order valence-electron chi connectivity index (χ2n) is 2.23. The molecule has 0 aliphatic rings. The topological polar surface area (TPSA) is 69.2 Å². The summed E-state index contributed by atoms with van der Waals surface area (Å²) in [5, 5.41) is 0. The standard InChI is InChI=1S/C7H3BBrF3O.2H2O/c8-5-2-1-4(3-6(5)9)13-7(10,11)12;;/h1-3H;2*1H2/q+2;;/p-2. The predicted molar refractivity (Wildman–Crippen MR) is 50.1 cm³/mol. The average molecular weight is 285 g/mol. The molecule has 0 radical (unpaired) electrons. The molecule has 0 aliphatic carbocycles. The van der Waals surface area contributed by atoms with E-state index in [1.807, 2.05) is 0 Å². The smallest absolute Gasteiger partial charge is 0.870 e. The van der Waals surface area contributed by atoms with E-state index in [0.29, 0.717) is 9.94 Å². The van der Waals surface area contributed by atoms with Crippen LogP contribution in [0.2, 0.25) is 0 Å². The molecule has 0 aliphatic heterocycles. The van der Waals surface area contributed by atoms with Gasteiger partial charge in [-0.3, -0.25) is 0 Å². The van der Waals surface area contributed by atoms with E-state index >= 15 is 0 Å². The van der Waals surface area contributed by atoms with Crippen molar-refractivity contribution in [2.75, 3.05) is 0 Å². The number of alkyl halides is 3. The summed E-state index contributed by atoms with van der Waals surface area (Å²) in [6, 6.07) is 3.63. The quantitative estimate of drug-likeness (QED) is 0.738. The first-order valence-corrected chi connectivity index (χ1v) is 3.98. The van der Waals surface area contributed by atoms with Gasteiger partial charge in [0, 0.05) is 0 Å². The Hall–Kier alpha value is -0.725. The fraction of sp³-hybridized carbons (Fsp3) is 0.143. The molecule has 3 nitrogen and oxygen atoms in total. The first-order chi connectivity index (χ1) is 5.88. The zero-order valence-electron chi connectivity index (χ0n) is 7.12. The second kappa shape index (κ2) is 5.99. The van der Waals surface area contributed by atoms with E-state index in [0.717, 1.165) is 12.1 Å². The Morgan fingerprint density at radius 3 is 2.13 bits per heavy atom. The number of benzene rings is 1. The maximum atomic E-state index is 11.7. The van der Waals surface area contributed by atoms with Crippen LogP contribution in [0.1, 0.15) is 0 Å². The minimum Gasteiger partial charge on any atom is -0.870 e. The van der Waals surface area contributed by atoms with Gasteiger partial charge in [-0.15, -0.1) is 0 Å². The molecule has 1 aromatic rings. The summed E-state index contributed by atoms with van der Waals surface area (Å²) >= 11 is 2.98. The number of rotatable bonds is 1. The fourth-order valence-electron chi connectivity index (χ4n) is 0.705. The van der Waals surface area contributed by atoms with Crippen LogP contribution in [-0.4, -0.2) is 25.2 Å². The van der Waals surface area contributed by atoms with E-state index < -0.39 is 6.36 Å². The number of hydrogen-bond acceptors (Lipinski definition) is 3. The Balaban J connectivity index is 0. The molecule has 0 saturated carbocycles. The summed E-state index contributed by atoms with van der Waals surface area (Å²) in [5.74, 6) is -0.298. The van der Waals surface area contributed by atoms with Crippen molar-refractivity contribution < 1.29 is 28.9 Å². The molecule has 0 amide bonds. The molecule has 0 atom stereocenters. The van der Waals surface area contributed by atoms with E-state index in [9.17, 15) is 13.2 Å². The van der Waals surface area contributed by atoms with Gasteiger partial charge >= 0.3 is 81.9 Å². The SMILES string of the molecule is [B+2]c1ccc(OC(F)(F)F)cc1Br.[OH-].[OH-]. The van der Waals surface area contributed by atoms with Crippen molar-refractivity contribution >= 4 is 29.2 Å². The van der Waals surface area contributed by atoms with Crippen LogP contribution in [0.4, 0.5) is 13.2 Å². The minimum atomic E-state index is -4.67. The van der Waals surface area contributed by atoms with E-state index in [4.69, 9.17) is 7.85 Å². The largest absolute Gasteiger partial charge is 0.870 e. The maximum Gasteiger partial charge on any atom is -0.870 e. The Morgan fingerprint density at radius 1 is 1.20 bits per heavy atom. The van der Waals surface area contributed by atoms with Crippen LogP contribution >= 0.6 is 15.9 Å². The molecule has 0 saturated heterocycles. The van der Waals surface area contributed by atoms with Crippen LogP contribution in [0.15, 0.2) is 22.7 Å². The normalized spacial score (nSPS) is 10.0. The van der Waals surface area contributed by atoms with E-state index in [1.165, 1.54) is 6.07 Å². The van der Waals surface area contributed by atoms with Crippen molar-refractivity contribution in [2.45, 2.75) is 6.36 Å². The zero-order chi connectivity index (χ0) is 10.1. The summed E-state index contributed by atoms with van der Waals surface area (Å²) in [6.45, 7) is 0. The molecule has 0 aromatic heterocycles. The van der Waals surface area contributed by atoms with Gasteiger partial charge in [0.25, 0.3) is 0 Å². The van der Waals surface area contributed by atoms with Gasteiger partial charge in [0.1, 0.15) is 0 Å². The molecule has 0 fully saturated rings. The summed E-state index contributed by atoms with van der Waals surface area (Å²) in [4.78, 5) is 0. The first-order valence-electron chi connectivity index (χ1n) is 3.19. The third-order valence-corrected chi connectivity index (χ3v) is 1.89. The number of ether oxygens (including phenoxy) is 1. The van der Waals surface area contributed by atoms with Gasteiger partial charge in [-0.1, -0.05) is 0 Å². The van der Waals surface area contributed by atoms with Gasteiger partial charge in [0.15, 0.2) is 0 Å². The average Bonchev–Trinajstić information content (AvgIpc) is 1.94. The van der Waals surface area contributed by atoms with Gasteiger partial charge in [-0.2, -0.15) is 0 Å². The van der Waals surface area contributed by atoms with E-state index in [1.54, 1.807) is 0 Å². The molecule has 1 rings (SSSR count). The number of halogens is 4. The third-order valence-electron chi connectivity index (χ3n) is 1.21. The van der Waals surface area contributed by atoms with Gasteiger partial charge in [0.05, 0.1) is 0 Å². The van der Waals surface area contributed by atoms with Crippen molar-refractivity contribution in [2.24, 2.45) is 0 Å². The van der Waals surface area contributed by atoms with Gasteiger partial charge in [0.2, 0.25) is 0 Å². The zero-order valence-corrected chi connectivity index (χ0v) is 8.71. The van der Waals surface area contributed by atoms with Gasteiger partial charge < -0.3 is 11.0 Å². The summed E-state index contributed by atoms with van der Waals surface area (Å²) < 4.78 is 39.1. The van der Waals surface area contributed by atoms with E-state index in [2.05, 4.69) is 20.7 Å². The van der Waals surface area contributed by atoms with Crippen LogP contribution in [0.5, 0.6) is 5.75 Å². The van der Waals surface area contributed by atoms with Gasteiger partial charge in [-0.05, 0) is 0 Å². The Labute approximate surface area is 93.4 Å². The summed E-state index contributed by atoms with van der Waals surface area (Å²) in [6.07, 6.45) is -4.67. The molecule has 0 spiro atoms. The van der Waals surface area contributed by atoms with Crippen molar-refractivity contribution in [3.05, 3.63) is 22.7 Å². The Bertz CT molecular complexity index is 319. The van der Waals surface area contributed by atoms with Crippen molar-refractivity contribution in [1.82, 2.24) is 0 Å². The Kier molecular flexibility index (Phi) is 6.67. The first kappa shape index (κ1) is 16.7. The summed E-state index contributed by atoms with van der Waals surface area (Å²) in [7, 11) is 5.37. The van der Waals surface area contributed by atoms with Crippen molar-refractivity contribution in [3.63, 3.8) is 0 Å².